The van der Waals surface area contributed by atoms with Crippen molar-refractivity contribution >= 4 is 17.5 Å². The van der Waals surface area contributed by atoms with Gasteiger partial charge in [0.25, 0.3) is 5.91 Å². The third-order valence-electron chi connectivity index (χ3n) is 6.02. The average molecular weight is 423 g/mol. The van der Waals surface area contributed by atoms with E-state index in [1.54, 1.807) is 24.2 Å². The first kappa shape index (κ1) is 21.5. The van der Waals surface area contributed by atoms with Gasteiger partial charge in [-0.05, 0) is 54.3 Å². The lowest BCUT2D eigenvalue weighted by Gasteiger charge is -2.28. The summed E-state index contributed by atoms with van der Waals surface area (Å²) in [6.07, 6.45) is 5.23. The van der Waals surface area contributed by atoms with Crippen LogP contribution in [0.2, 0.25) is 0 Å². The van der Waals surface area contributed by atoms with Crippen LogP contribution in [-0.2, 0) is 22.5 Å². The Kier molecular flexibility index (Phi) is 6.94. The van der Waals surface area contributed by atoms with Crippen LogP contribution in [0.25, 0.3) is 0 Å². The number of aromatic nitrogens is 1. The number of pyridine rings is 1. The minimum atomic E-state index is 0.0304. The molecule has 2 aliphatic rings. The summed E-state index contributed by atoms with van der Waals surface area (Å²) in [7, 11) is 0. The summed E-state index contributed by atoms with van der Waals surface area (Å²) in [5.74, 6) is 0.0723. The highest BCUT2D eigenvalue weighted by atomic mass is 16.5. The minimum absolute atomic E-state index is 0.0304. The average Bonchev–Trinajstić information content (AvgIpc) is 3.23. The number of rotatable bonds is 7. The molecule has 0 bridgehead atoms. The van der Waals surface area contributed by atoms with E-state index in [-0.39, 0.29) is 11.8 Å². The van der Waals surface area contributed by atoms with Gasteiger partial charge in [-0.15, -0.1) is 0 Å². The number of carbonyl (C=O) groups excluding carboxylic acids is 2. The van der Waals surface area contributed by atoms with Crippen LogP contribution in [0, 0.1) is 0 Å². The van der Waals surface area contributed by atoms with E-state index in [9.17, 15) is 9.59 Å². The molecule has 0 atom stereocenters. The summed E-state index contributed by atoms with van der Waals surface area (Å²) < 4.78 is 5.42. The van der Waals surface area contributed by atoms with Gasteiger partial charge in [-0.2, -0.15) is 0 Å². The molecule has 0 saturated carbocycles. The van der Waals surface area contributed by atoms with Gasteiger partial charge in [0.05, 0.1) is 13.2 Å². The van der Waals surface area contributed by atoms with Gasteiger partial charge in [0, 0.05) is 69.8 Å². The number of hydrogen-bond donors (Lipinski definition) is 0. The summed E-state index contributed by atoms with van der Waals surface area (Å²) in [6.45, 7) is 7.95. The highest BCUT2D eigenvalue weighted by Gasteiger charge is 2.24. The SMILES string of the molecule is CC(=O)N1CCc2cc(C(=O)N(CCCN3CCOCC3)Cc3ccncc3)ccc21. The molecule has 0 N–H and O–H groups in total. The molecule has 1 saturated heterocycles. The maximum atomic E-state index is 13.4. The molecule has 4 rings (SSSR count). The zero-order valence-corrected chi connectivity index (χ0v) is 18.1. The molecule has 0 radical (unpaired) electrons. The molecular weight excluding hydrogens is 392 g/mol. The van der Waals surface area contributed by atoms with Gasteiger partial charge in [-0.1, -0.05) is 0 Å². The van der Waals surface area contributed by atoms with Crippen LogP contribution < -0.4 is 4.90 Å². The molecule has 2 amide bonds. The van der Waals surface area contributed by atoms with Crippen LogP contribution in [0.4, 0.5) is 5.69 Å². The molecule has 31 heavy (non-hydrogen) atoms. The first-order valence-electron chi connectivity index (χ1n) is 11.0. The lowest BCUT2D eigenvalue weighted by Crippen LogP contribution is -2.39. The van der Waals surface area contributed by atoms with E-state index in [2.05, 4.69) is 9.88 Å². The Bertz CT molecular complexity index is 912. The van der Waals surface area contributed by atoms with Crippen molar-refractivity contribution in [3.05, 3.63) is 59.4 Å². The second-order valence-electron chi connectivity index (χ2n) is 8.15. The number of hydrogen-bond acceptors (Lipinski definition) is 5. The molecule has 0 aliphatic carbocycles. The quantitative estimate of drug-likeness (QED) is 0.685. The van der Waals surface area contributed by atoms with E-state index in [1.807, 2.05) is 35.2 Å². The Morgan fingerprint density at radius 3 is 2.61 bits per heavy atom. The van der Waals surface area contributed by atoms with Gasteiger partial charge in [-0.3, -0.25) is 19.5 Å². The van der Waals surface area contributed by atoms with Crippen molar-refractivity contribution in [1.82, 2.24) is 14.8 Å². The van der Waals surface area contributed by atoms with E-state index in [0.717, 1.165) is 62.5 Å². The van der Waals surface area contributed by atoms with E-state index in [0.29, 0.717) is 25.2 Å². The summed E-state index contributed by atoms with van der Waals surface area (Å²) in [6, 6.07) is 9.63. The number of morpholine rings is 1. The van der Waals surface area contributed by atoms with E-state index in [1.165, 1.54) is 0 Å². The molecule has 164 valence electrons. The predicted octanol–water partition coefficient (Wildman–Crippen LogP) is 2.36. The smallest absolute Gasteiger partial charge is 0.254 e. The molecule has 2 aliphatic heterocycles. The zero-order chi connectivity index (χ0) is 21.6. The third-order valence-corrected chi connectivity index (χ3v) is 6.02. The Hall–Kier alpha value is -2.77. The topological polar surface area (TPSA) is 66.0 Å². The van der Waals surface area contributed by atoms with Crippen molar-refractivity contribution in [3.63, 3.8) is 0 Å². The normalized spacial score (nSPS) is 16.2. The maximum Gasteiger partial charge on any atom is 0.254 e. The standard InChI is InChI=1S/C24H30N4O3/c1-19(29)28-12-7-21-17-22(3-4-23(21)28)24(30)27(18-20-5-8-25-9-6-20)11-2-10-26-13-15-31-16-14-26/h3-6,8-9,17H,2,7,10-16,18H2,1H3. The van der Waals surface area contributed by atoms with Crippen molar-refractivity contribution < 1.29 is 14.3 Å². The van der Waals surface area contributed by atoms with Crippen LogP contribution in [0.3, 0.4) is 0 Å². The van der Waals surface area contributed by atoms with Crippen molar-refractivity contribution in [2.24, 2.45) is 0 Å². The Morgan fingerprint density at radius 2 is 1.87 bits per heavy atom. The van der Waals surface area contributed by atoms with Crippen LogP contribution >= 0.6 is 0 Å². The second kappa shape index (κ2) is 10.0. The molecule has 0 spiro atoms. The molecule has 1 aromatic carbocycles. The number of nitrogens with zero attached hydrogens (tertiary/aromatic N) is 4. The summed E-state index contributed by atoms with van der Waals surface area (Å²) in [5.41, 5.74) is 3.75. The van der Waals surface area contributed by atoms with E-state index >= 15 is 0 Å². The number of amides is 2. The molecule has 0 unspecified atom stereocenters. The minimum Gasteiger partial charge on any atom is -0.379 e. The molecular formula is C24H30N4O3. The second-order valence-corrected chi connectivity index (χ2v) is 8.15. The molecule has 7 heteroatoms. The van der Waals surface area contributed by atoms with Gasteiger partial charge in [-0.25, -0.2) is 0 Å². The fraction of sp³-hybridized carbons (Fsp3) is 0.458. The largest absolute Gasteiger partial charge is 0.379 e. The maximum absolute atomic E-state index is 13.4. The molecule has 3 heterocycles. The monoisotopic (exact) mass is 422 g/mol. The van der Waals surface area contributed by atoms with Crippen LogP contribution in [0.5, 0.6) is 0 Å². The first-order valence-corrected chi connectivity index (χ1v) is 11.0. The van der Waals surface area contributed by atoms with E-state index in [4.69, 9.17) is 4.74 Å². The van der Waals surface area contributed by atoms with E-state index < -0.39 is 0 Å². The number of anilines is 1. The fourth-order valence-corrected chi connectivity index (χ4v) is 4.32. The lowest BCUT2D eigenvalue weighted by atomic mass is 10.1. The van der Waals surface area contributed by atoms with Crippen LogP contribution in [0.1, 0.15) is 34.8 Å². The van der Waals surface area contributed by atoms with Crippen LogP contribution in [0.15, 0.2) is 42.7 Å². The zero-order valence-electron chi connectivity index (χ0n) is 18.1. The number of carbonyl (C=O) groups is 2. The fourth-order valence-electron chi connectivity index (χ4n) is 4.32. The van der Waals surface area contributed by atoms with Crippen molar-refractivity contribution in [2.45, 2.75) is 26.3 Å². The summed E-state index contributed by atoms with van der Waals surface area (Å²) >= 11 is 0. The number of benzene rings is 1. The Morgan fingerprint density at radius 1 is 1.10 bits per heavy atom. The predicted molar refractivity (Wildman–Crippen MR) is 119 cm³/mol. The van der Waals surface area contributed by atoms with Crippen molar-refractivity contribution in [1.29, 1.82) is 0 Å². The number of ether oxygens (including phenoxy) is 1. The number of fused-ring (bicyclic) bond motifs is 1. The van der Waals surface area contributed by atoms with Gasteiger partial charge in [0.1, 0.15) is 0 Å². The van der Waals surface area contributed by atoms with Gasteiger partial charge >= 0.3 is 0 Å². The van der Waals surface area contributed by atoms with Crippen molar-refractivity contribution in [2.75, 3.05) is 50.8 Å². The molecule has 7 nitrogen and oxygen atoms in total. The molecule has 1 fully saturated rings. The highest BCUT2D eigenvalue weighted by Crippen LogP contribution is 2.29. The Balaban J connectivity index is 1.47. The Labute approximate surface area is 183 Å². The molecule has 1 aromatic heterocycles. The summed E-state index contributed by atoms with van der Waals surface area (Å²) in [5, 5.41) is 0. The van der Waals surface area contributed by atoms with Gasteiger partial charge in [0.15, 0.2) is 0 Å². The lowest BCUT2D eigenvalue weighted by molar-refractivity contribution is -0.116. The van der Waals surface area contributed by atoms with Crippen molar-refractivity contribution in [3.8, 4) is 0 Å². The summed E-state index contributed by atoms with van der Waals surface area (Å²) in [4.78, 5) is 35.4. The molecule has 2 aromatic rings. The first-order chi connectivity index (χ1) is 15.1. The highest BCUT2D eigenvalue weighted by molar-refractivity contribution is 5.97. The van der Waals surface area contributed by atoms with Gasteiger partial charge in [0.2, 0.25) is 5.91 Å². The van der Waals surface area contributed by atoms with Gasteiger partial charge < -0.3 is 14.5 Å². The van der Waals surface area contributed by atoms with Crippen LogP contribution in [-0.4, -0.2) is 72.5 Å². The third kappa shape index (κ3) is 5.29.